The van der Waals surface area contributed by atoms with E-state index in [2.05, 4.69) is 25.4 Å². The number of rotatable bonds is 8. The van der Waals surface area contributed by atoms with Crippen molar-refractivity contribution in [2.45, 2.75) is 25.5 Å². The zero-order valence-electron chi connectivity index (χ0n) is 19.3. The van der Waals surface area contributed by atoms with Crippen LogP contribution >= 0.6 is 11.6 Å². The molecule has 182 valence electrons. The van der Waals surface area contributed by atoms with E-state index in [9.17, 15) is 9.90 Å². The number of ether oxygens (including phenoxy) is 1. The SMILES string of the molecule is COc1ccc(Cl)cc1-c1nn(CC(O)CN2CCCC2)cc1NC(=O)c1cnn2cccnc12. The second-order valence-electron chi connectivity index (χ2n) is 8.52. The van der Waals surface area contributed by atoms with Crippen LogP contribution in [-0.4, -0.2) is 73.1 Å². The number of hydrogen-bond donors (Lipinski definition) is 2. The number of methoxy groups -OCH3 is 1. The Labute approximate surface area is 207 Å². The molecule has 0 spiro atoms. The van der Waals surface area contributed by atoms with Crippen LogP contribution in [0.3, 0.4) is 0 Å². The first-order chi connectivity index (χ1) is 17.0. The number of nitrogens with one attached hydrogen (secondary N) is 1. The lowest BCUT2D eigenvalue weighted by Crippen LogP contribution is -2.32. The van der Waals surface area contributed by atoms with Crippen LogP contribution in [-0.2, 0) is 6.54 Å². The predicted octanol–water partition coefficient (Wildman–Crippen LogP) is 2.96. The molecule has 0 aliphatic carbocycles. The van der Waals surface area contributed by atoms with Gasteiger partial charge < -0.3 is 20.1 Å². The Kier molecular flexibility index (Phi) is 6.67. The van der Waals surface area contributed by atoms with Crippen molar-refractivity contribution in [3.8, 4) is 17.0 Å². The van der Waals surface area contributed by atoms with Crippen LogP contribution in [0.25, 0.3) is 16.9 Å². The van der Waals surface area contributed by atoms with Crippen LogP contribution in [0.15, 0.2) is 49.1 Å². The number of aromatic nitrogens is 5. The first kappa shape index (κ1) is 23.3. The second-order valence-corrected chi connectivity index (χ2v) is 8.96. The lowest BCUT2D eigenvalue weighted by molar-refractivity contribution is 0.102. The van der Waals surface area contributed by atoms with Crippen LogP contribution in [0.5, 0.6) is 5.75 Å². The lowest BCUT2D eigenvalue weighted by atomic mass is 10.1. The number of carbonyl (C=O) groups is 1. The number of β-amino-alcohol motifs (C(OH)–C–C–N with tert-alkyl or cyclic N) is 1. The third-order valence-electron chi connectivity index (χ3n) is 6.02. The first-order valence-corrected chi connectivity index (χ1v) is 11.8. The van der Waals surface area contributed by atoms with Crippen molar-refractivity contribution in [2.75, 3.05) is 32.1 Å². The summed E-state index contributed by atoms with van der Waals surface area (Å²) in [6, 6.07) is 6.95. The number of anilines is 1. The molecule has 11 heteroatoms. The topological polar surface area (TPSA) is 110 Å². The fourth-order valence-corrected chi connectivity index (χ4v) is 4.56. The maximum absolute atomic E-state index is 13.2. The monoisotopic (exact) mass is 495 g/mol. The number of carbonyl (C=O) groups excluding carboxylic acids is 1. The highest BCUT2D eigenvalue weighted by Crippen LogP contribution is 2.36. The average molecular weight is 496 g/mol. The fraction of sp³-hybridized carbons (Fsp3) is 0.333. The van der Waals surface area contributed by atoms with Gasteiger partial charge in [-0.05, 0) is 50.2 Å². The number of hydrogen-bond acceptors (Lipinski definition) is 7. The molecule has 4 aromatic rings. The summed E-state index contributed by atoms with van der Waals surface area (Å²) >= 11 is 6.27. The number of nitrogens with zero attached hydrogens (tertiary/aromatic N) is 6. The molecule has 2 N–H and O–H groups in total. The summed E-state index contributed by atoms with van der Waals surface area (Å²) in [5.41, 5.74) is 2.34. The summed E-state index contributed by atoms with van der Waals surface area (Å²) < 4.78 is 8.70. The highest BCUT2D eigenvalue weighted by molar-refractivity contribution is 6.31. The zero-order valence-corrected chi connectivity index (χ0v) is 20.0. The third kappa shape index (κ3) is 5.00. The molecule has 1 saturated heterocycles. The van der Waals surface area contributed by atoms with E-state index in [1.165, 1.54) is 10.7 Å². The van der Waals surface area contributed by atoms with Gasteiger partial charge in [0.15, 0.2) is 5.65 Å². The molecule has 35 heavy (non-hydrogen) atoms. The van der Waals surface area contributed by atoms with E-state index in [0.29, 0.717) is 45.5 Å². The molecule has 0 saturated carbocycles. The average Bonchev–Trinajstić information content (AvgIpc) is 3.59. The van der Waals surface area contributed by atoms with Gasteiger partial charge in [0.2, 0.25) is 0 Å². The number of aliphatic hydroxyl groups is 1. The molecule has 1 amide bonds. The normalized spacial score (nSPS) is 14.9. The molecule has 1 aliphatic rings. The smallest absolute Gasteiger partial charge is 0.261 e. The summed E-state index contributed by atoms with van der Waals surface area (Å²) in [5, 5.41) is 23.0. The van der Waals surface area contributed by atoms with Gasteiger partial charge in [-0.3, -0.25) is 9.48 Å². The maximum atomic E-state index is 13.2. The second kappa shape index (κ2) is 10.0. The van der Waals surface area contributed by atoms with Gasteiger partial charge in [-0.15, -0.1) is 0 Å². The van der Waals surface area contributed by atoms with Crippen molar-refractivity contribution in [3.05, 3.63) is 59.6 Å². The Morgan fingerprint density at radius 2 is 2.11 bits per heavy atom. The van der Waals surface area contributed by atoms with Crippen molar-refractivity contribution in [1.29, 1.82) is 0 Å². The van der Waals surface area contributed by atoms with Gasteiger partial charge in [-0.1, -0.05) is 11.6 Å². The molecule has 5 rings (SSSR count). The number of aliphatic hydroxyl groups excluding tert-OH is 1. The van der Waals surface area contributed by atoms with Gasteiger partial charge in [-0.2, -0.15) is 10.2 Å². The van der Waals surface area contributed by atoms with E-state index in [1.807, 2.05) is 0 Å². The van der Waals surface area contributed by atoms with Gasteiger partial charge in [0.1, 0.15) is 17.0 Å². The maximum Gasteiger partial charge on any atom is 0.261 e. The van der Waals surface area contributed by atoms with E-state index < -0.39 is 6.10 Å². The van der Waals surface area contributed by atoms with Crippen molar-refractivity contribution in [2.24, 2.45) is 0 Å². The molecule has 0 radical (unpaired) electrons. The van der Waals surface area contributed by atoms with Gasteiger partial charge >= 0.3 is 0 Å². The number of halogens is 1. The van der Waals surface area contributed by atoms with E-state index in [1.54, 1.807) is 54.6 Å². The van der Waals surface area contributed by atoms with Crippen LogP contribution < -0.4 is 10.1 Å². The zero-order chi connectivity index (χ0) is 24.4. The Balaban J connectivity index is 1.47. The molecule has 1 aromatic carbocycles. The first-order valence-electron chi connectivity index (χ1n) is 11.4. The minimum atomic E-state index is -0.602. The van der Waals surface area contributed by atoms with E-state index >= 15 is 0 Å². The van der Waals surface area contributed by atoms with E-state index in [4.69, 9.17) is 16.3 Å². The van der Waals surface area contributed by atoms with Crippen molar-refractivity contribution in [1.82, 2.24) is 29.3 Å². The molecule has 1 aliphatic heterocycles. The van der Waals surface area contributed by atoms with Gasteiger partial charge in [0.05, 0.1) is 31.6 Å². The quantitative estimate of drug-likeness (QED) is 0.386. The van der Waals surface area contributed by atoms with E-state index in [-0.39, 0.29) is 12.5 Å². The molecule has 10 nitrogen and oxygen atoms in total. The number of likely N-dealkylation sites (tertiary alicyclic amines) is 1. The summed E-state index contributed by atoms with van der Waals surface area (Å²) in [4.78, 5) is 19.7. The minimum Gasteiger partial charge on any atom is -0.496 e. The predicted molar refractivity (Wildman–Crippen MR) is 132 cm³/mol. The molecule has 3 aromatic heterocycles. The summed E-state index contributed by atoms with van der Waals surface area (Å²) in [6.07, 6.45) is 8.22. The van der Waals surface area contributed by atoms with Crippen LogP contribution in [0.2, 0.25) is 5.02 Å². The molecule has 1 unspecified atom stereocenters. The Morgan fingerprint density at radius 1 is 1.29 bits per heavy atom. The number of benzene rings is 1. The molecule has 4 heterocycles. The van der Waals surface area contributed by atoms with Crippen LogP contribution in [0.1, 0.15) is 23.2 Å². The molecule has 0 bridgehead atoms. The van der Waals surface area contributed by atoms with Gasteiger partial charge in [0, 0.05) is 35.7 Å². The highest BCUT2D eigenvalue weighted by Gasteiger charge is 2.22. The molecule has 1 atom stereocenters. The van der Waals surface area contributed by atoms with Crippen molar-refractivity contribution >= 4 is 28.8 Å². The van der Waals surface area contributed by atoms with Crippen molar-refractivity contribution in [3.63, 3.8) is 0 Å². The standard InChI is InChI=1S/C24H26ClN7O3/c1-35-21-6-5-16(25)11-18(21)22-20(15-31(29-22)14-17(33)13-30-8-2-3-9-30)28-24(34)19-12-27-32-10-4-7-26-23(19)32/h4-7,10-12,15,17,33H,2-3,8-9,13-14H2,1H3,(H,28,34). The van der Waals surface area contributed by atoms with Gasteiger partial charge in [-0.25, -0.2) is 9.50 Å². The number of amides is 1. The van der Waals surface area contributed by atoms with Crippen molar-refractivity contribution < 1.29 is 14.6 Å². The Morgan fingerprint density at radius 3 is 2.91 bits per heavy atom. The molecule has 1 fully saturated rings. The number of fused-ring (bicyclic) bond motifs is 1. The van der Waals surface area contributed by atoms with Crippen LogP contribution in [0, 0.1) is 0 Å². The summed E-state index contributed by atoms with van der Waals surface area (Å²) in [6.45, 7) is 2.85. The van der Waals surface area contributed by atoms with Gasteiger partial charge in [0.25, 0.3) is 5.91 Å². The molecular formula is C24H26ClN7O3. The lowest BCUT2D eigenvalue weighted by Gasteiger charge is -2.19. The Bertz CT molecular complexity index is 1350. The third-order valence-corrected chi connectivity index (χ3v) is 6.25. The fourth-order valence-electron chi connectivity index (χ4n) is 4.38. The minimum absolute atomic E-state index is 0.278. The van der Waals surface area contributed by atoms with Crippen LogP contribution in [0.4, 0.5) is 5.69 Å². The summed E-state index contributed by atoms with van der Waals surface area (Å²) in [7, 11) is 1.56. The highest BCUT2D eigenvalue weighted by atomic mass is 35.5. The summed E-state index contributed by atoms with van der Waals surface area (Å²) in [5.74, 6) is 0.184. The largest absolute Gasteiger partial charge is 0.496 e. The molecular weight excluding hydrogens is 470 g/mol. The Hall–Kier alpha value is -3.47. The van der Waals surface area contributed by atoms with E-state index in [0.717, 1.165) is 25.9 Å².